The van der Waals surface area contributed by atoms with E-state index < -0.39 is 0 Å². The van der Waals surface area contributed by atoms with Gasteiger partial charge in [0.05, 0.1) is 5.25 Å². The Bertz CT molecular complexity index is 231. The third-order valence-corrected chi connectivity index (χ3v) is 5.47. The summed E-state index contributed by atoms with van der Waals surface area (Å²) in [5.41, 5.74) is 0. The molecule has 0 radical (unpaired) electrons. The van der Waals surface area contributed by atoms with Crippen molar-refractivity contribution in [1.82, 2.24) is 5.32 Å². The molecule has 1 saturated heterocycles. The Hall–Kier alpha value is 0.300. The first kappa shape index (κ1) is 11.8. The van der Waals surface area contributed by atoms with Crippen molar-refractivity contribution in [3.05, 3.63) is 0 Å². The van der Waals surface area contributed by atoms with Gasteiger partial charge in [-0.3, -0.25) is 4.79 Å². The van der Waals surface area contributed by atoms with E-state index >= 15 is 0 Å². The van der Waals surface area contributed by atoms with E-state index in [0.717, 1.165) is 18.7 Å². The Labute approximate surface area is 104 Å². The molecule has 0 aromatic rings. The molecule has 1 aliphatic heterocycles. The zero-order chi connectivity index (χ0) is 10.7. The Morgan fingerprint density at radius 1 is 1.40 bits per heavy atom. The molecule has 4 heteroatoms. The van der Waals surface area contributed by atoms with Gasteiger partial charge in [0.2, 0.25) is 5.91 Å². The molecule has 3 atom stereocenters. The third kappa shape index (κ3) is 3.38. The minimum absolute atomic E-state index is 0.242. The molecule has 3 unspecified atom stereocenters. The van der Waals surface area contributed by atoms with Crippen LogP contribution in [0.3, 0.4) is 0 Å². The van der Waals surface area contributed by atoms with Gasteiger partial charge in [-0.1, -0.05) is 15.9 Å². The van der Waals surface area contributed by atoms with Crippen molar-refractivity contribution in [3.8, 4) is 0 Å². The largest absolute Gasteiger partial charge is 0.355 e. The summed E-state index contributed by atoms with van der Waals surface area (Å²) in [6.07, 6.45) is 6.02. The van der Waals surface area contributed by atoms with Crippen LogP contribution in [0.5, 0.6) is 0 Å². The van der Waals surface area contributed by atoms with Gasteiger partial charge in [0, 0.05) is 11.4 Å². The number of carbonyl (C=O) groups is 1. The maximum absolute atomic E-state index is 11.7. The Kier molecular flexibility index (Phi) is 4.38. The number of halogens is 1. The molecule has 1 amide bonds. The van der Waals surface area contributed by atoms with Gasteiger partial charge in [-0.05, 0) is 43.8 Å². The van der Waals surface area contributed by atoms with E-state index in [9.17, 15) is 4.79 Å². The first-order chi connectivity index (χ1) is 7.25. The molecule has 2 aliphatic rings. The van der Waals surface area contributed by atoms with E-state index in [4.69, 9.17) is 0 Å². The maximum Gasteiger partial charge on any atom is 0.233 e. The number of carbonyl (C=O) groups excluding carboxylic acids is 1. The molecule has 86 valence electrons. The molecule has 0 aromatic carbocycles. The van der Waals surface area contributed by atoms with E-state index in [0.29, 0.717) is 10.7 Å². The van der Waals surface area contributed by atoms with Crippen LogP contribution >= 0.6 is 27.7 Å². The van der Waals surface area contributed by atoms with E-state index in [1.165, 1.54) is 25.7 Å². The fourth-order valence-corrected chi connectivity index (χ4v) is 4.32. The van der Waals surface area contributed by atoms with Crippen molar-refractivity contribution >= 4 is 33.6 Å². The van der Waals surface area contributed by atoms with Gasteiger partial charge in [-0.25, -0.2) is 0 Å². The van der Waals surface area contributed by atoms with Crippen molar-refractivity contribution in [2.24, 2.45) is 5.92 Å². The van der Waals surface area contributed by atoms with Crippen molar-refractivity contribution in [2.45, 2.75) is 42.2 Å². The summed E-state index contributed by atoms with van der Waals surface area (Å²) < 4.78 is 0. The second-order valence-corrected chi connectivity index (χ2v) is 7.13. The zero-order valence-electron chi connectivity index (χ0n) is 8.88. The molecule has 0 aromatic heterocycles. The Morgan fingerprint density at radius 3 is 2.87 bits per heavy atom. The van der Waals surface area contributed by atoms with Gasteiger partial charge in [0.15, 0.2) is 0 Å². The first-order valence-corrected chi connectivity index (χ1v) is 7.75. The minimum atomic E-state index is 0.242. The van der Waals surface area contributed by atoms with Crippen LogP contribution in [-0.2, 0) is 4.79 Å². The number of hydrogen-bond donors (Lipinski definition) is 1. The summed E-state index contributed by atoms with van der Waals surface area (Å²) in [6, 6.07) is 0. The second-order valence-electron chi connectivity index (χ2n) is 4.52. The lowest BCUT2D eigenvalue weighted by atomic mass is 10.1. The van der Waals surface area contributed by atoms with Gasteiger partial charge < -0.3 is 5.32 Å². The molecule has 2 nitrogen and oxygen atoms in total. The van der Waals surface area contributed by atoms with Crippen molar-refractivity contribution in [1.29, 1.82) is 0 Å². The van der Waals surface area contributed by atoms with Gasteiger partial charge in [0.1, 0.15) is 0 Å². The summed E-state index contributed by atoms with van der Waals surface area (Å²) in [7, 11) is 0. The van der Waals surface area contributed by atoms with Gasteiger partial charge >= 0.3 is 0 Å². The third-order valence-electron chi connectivity index (χ3n) is 3.26. The number of alkyl halides is 1. The molecular weight excluding hydrogens is 274 g/mol. The summed E-state index contributed by atoms with van der Waals surface area (Å²) in [5, 5.41) is 3.35. The van der Waals surface area contributed by atoms with Crippen LogP contribution in [0.2, 0.25) is 0 Å². The highest BCUT2D eigenvalue weighted by Gasteiger charge is 2.26. The van der Waals surface area contributed by atoms with E-state index in [1.54, 1.807) is 0 Å². The Morgan fingerprint density at radius 2 is 2.27 bits per heavy atom. The second kappa shape index (κ2) is 5.58. The lowest BCUT2D eigenvalue weighted by molar-refractivity contribution is -0.120. The molecule has 0 bridgehead atoms. The number of nitrogens with one attached hydrogen (secondary N) is 1. The number of amides is 1. The normalized spacial score (nSPS) is 35.7. The van der Waals surface area contributed by atoms with Gasteiger partial charge in [-0.15, -0.1) is 11.8 Å². The van der Waals surface area contributed by atoms with Crippen LogP contribution in [0.25, 0.3) is 0 Å². The summed E-state index contributed by atoms with van der Waals surface area (Å²) >= 11 is 5.45. The standard InChI is InChI=1S/C11H18BrNOS/c12-9-4-3-8(6-9)7-13-11(14)10-2-1-5-15-10/h8-10H,1-7H2,(H,13,14). The highest BCUT2D eigenvalue weighted by Crippen LogP contribution is 2.30. The topological polar surface area (TPSA) is 29.1 Å². The molecular formula is C11H18BrNOS. The Balaban J connectivity index is 1.66. The lowest BCUT2D eigenvalue weighted by Crippen LogP contribution is -2.34. The monoisotopic (exact) mass is 291 g/mol. The summed E-state index contributed by atoms with van der Waals surface area (Å²) in [5.74, 6) is 2.13. The molecule has 2 fully saturated rings. The molecule has 2 rings (SSSR count). The van der Waals surface area contributed by atoms with Crippen LogP contribution < -0.4 is 5.32 Å². The van der Waals surface area contributed by atoms with E-state index in [-0.39, 0.29) is 11.2 Å². The van der Waals surface area contributed by atoms with Crippen LogP contribution in [0.4, 0.5) is 0 Å². The molecule has 1 aliphatic carbocycles. The van der Waals surface area contributed by atoms with Crippen molar-refractivity contribution in [3.63, 3.8) is 0 Å². The minimum Gasteiger partial charge on any atom is -0.355 e. The average Bonchev–Trinajstić information content (AvgIpc) is 2.84. The van der Waals surface area contributed by atoms with Crippen molar-refractivity contribution in [2.75, 3.05) is 12.3 Å². The van der Waals surface area contributed by atoms with Gasteiger partial charge in [-0.2, -0.15) is 0 Å². The highest BCUT2D eigenvalue weighted by atomic mass is 79.9. The molecule has 1 saturated carbocycles. The average molecular weight is 292 g/mol. The molecule has 0 spiro atoms. The van der Waals surface area contributed by atoms with E-state index in [2.05, 4.69) is 21.2 Å². The fraction of sp³-hybridized carbons (Fsp3) is 0.909. The fourth-order valence-electron chi connectivity index (χ4n) is 2.34. The SMILES string of the molecule is O=C(NCC1CCC(Br)C1)C1CCCS1. The zero-order valence-corrected chi connectivity index (χ0v) is 11.3. The maximum atomic E-state index is 11.7. The molecule has 1 N–H and O–H groups in total. The van der Waals surface area contributed by atoms with Crippen LogP contribution in [0.15, 0.2) is 0 Å². The van der Waals surface area contributed by atoms with Gasteiger partial charge in [0.25, 0.3) is 0 Å². The first-order valence-electron chi connectivity index (χ1n) is 5.79. The lowest BCUT2D eigenvalue weighted by Gasteiger charge is -2.13. The number of thioether (sulfide) groups is 1. The number of hydrogen-bond acceptors (Lipinski definition) is 2. The van der Waals surface area contributed by atoms with E-state index in [1.807, 2.05) is 11.8 Å². The quantitative estimate of drug-likeness (QED) is 0.810. The summed E-state index contributed by atoms with van der Waals surface area (Å²) in [4.78, 5) is 12.4. The highest BCUT2D eigenvalue weighted by molar-refractivity contribution is 9.09. The number of rotatable bonds is 3. The van der Waals surface area contributed by atoms with Crippen LogP contribution in [0, 0.1) is 5.92 Å². The summed E-state index contributed by atoms with van der Waals surface area (Å²) in [6.45, 7) is 0.887. The van der Waals surface area contributed by atoms with Crippen LogP contribution in [-0.4, -0.2) is 28.3 Å². The predicted molar refractivity (Wildman–Crippen MR) is 68.5 cm³/mol. The van der Waals surface area contributed by atoms with Crippen molar-refractivity contribution < 1.29 is 4.79 Å². The predicted octanol–water partition coefficient (Wildman–Crippen LogP) is 2.56. The smallest absolute Gasteiger partial charge is 0.233 e. The molecule has 15 heavy (non-hydrogen) atoms. The van der Waals surface area contributed by atoms with Crippen LogP contribution in [0.1, 0.15) is 32.1 Å². The molecule has 1 heterocycles.